The van der Waals surface area contributed by atoms with Gasteiger partial charge in [0.2, 0.25) is 15.6 Å². The summed E-state index contributed by atoms with van der Waals surface area (Å²) in [6, 6.07) is 11.5. The number of halogens is 3. The van der Waals surface area contributed by atoms with Crippen molar-refractivity contribution in [2.24, 2.45) is 5.73 Å². The first kappa shape index (κ1) is 22.1. The van der Waals surface area contributed by atoms with Gasteiger partial charge in [-0.1, -0.05) is 30.3 Å². The van der Waals surface area contributed by atoms with Gasteiger partial charge in [-0.2, -0.15) is 17.5 Å². The van der Waals surface area contributed by atoms with Crippen molar-refractivity contribution in [3.63, 3.8) is 0 Å². The molecule has 1 saturated heterocycles. The molecule has 2 aromatic rings. The Morgan fingerprint density at radius 1 is 1.17 bits per heavy atom. The second kappa shape index (κ2) is 7.89. The van der Waals surface area contributed by atoms with Crippen LogP contribution in [0.2, 0.25) is 0 Å². The molecule has 1 aliphatic heterocycles. The molecule has 0 radical (unpaired) electrons. The lowest BCUT2D eigenvalue weighted by molar-refractivity contribution is -0.278. The summed E-state index contributed by atoms with van der Waals surface area (Å²) in [5.74, 6) is -1.27. The largest absolute Gasteiger partial charge is 0.480 e. The van der Waals surface area contributed by atoms with E-state index in [1.54, 1.807) is 6.07 Å². The molecular formula is C19H19F3N2O5S. The van der Waals surface area contributed by atoms with Crippen LogP contribution in [0.15, 0.2) is 59.5 Å². The summed E-state index contributed by atoms with van der Waals surface area (Å²) in [6.07, 6.45) is -4.91. The van der Waals surface area contributed by atoms with Gasteiger partial charge in [0.15, 0.2) is 0 Å². The number of alkyl halides is 3. The van der Waals surface area contributed by atoms with Crippen LogP contribution >= 0.6 is 0 Å². The molecule has 0 unspecified atom stereocenters. The number of hydrogen-bond acceptors (Lipinski definition) is 5. The van der Waals surface area contributed by atoms with Crippen molar-refractivity contribution in [2.45, 2.75) is 29.1 Å². The van der Waals surface area contributed by atoms with Crippen molar-refractivity contribution in [1.82, 2.24) is 4.31 Å². The Hall–Kier alpha value is -2.63. The van der Waals surface area contributed by atoms with E-state index in [4.69, 9.17) is 15.6 Å². The van der Waals surface area contributed by atoms with Gasteiger partial charge in [-0.25, -0.2) is 8.42 Å². The van der Waals surface area contributed by atoms with Crippen LogP contribution < -0.4 is 10.5 Å². The van der Waals surface area contributed by atoms with Crippen LogP contribution in [-0.2, 0) is 21.2 Å². The van der Waals surface area contributed by atoms with E-state index in [0.717, 1.165) is 0 Å². The molecule has 162 valence electrons. The topological polar surface area (TPSA) is 110 Å². The number of nitrogens with zero attached hydrogens (tertiary/aromatic N) is 1. The fourth-order valence-electron chi connectivity index (χ4n) is 3.03. The molecule has 11 heteroatoms. The standard InChI is InChI=1S/C19H19F3N2O5S/c20-19(21,22)18(29-14-6-2-1-3-7-14)11-24(12-18)30(27,28)15-8-4-5-13(9-15)10-16(23)17(25)26/h1-9,16H,10-12,23H2,(H,25,26)/t16-/m0/s1. The highest BCUT2D eigenvalue weighted by molar-refractivity contribution is 7.89. The molecule has 2 aromatic carbocycles. The Labute approximate surface area is 170 Å². The van der Waals surface area contributed by atoms with Gasteiger partial charge in [-0.15, -0.1) is 0 Å². The van der Waals surface area contributed by atoms with Gasteiger partial charge in [0.05, 0.1) is 18.0 Å². The lowest BCUT2D eigenvalue weighted by Crippen LogP contribution is -2.73. The minimum Gasteiger partial charge on any atom is -0.480 e. The predicted octanol–water partition coefficient (Wildman–Crippen LogP) is 2.03. The zero-order chi connectivity index (χ0) is 22.2. The van der Waals surface area contributed by atoms with Crippen molar-refractivity contribution in [3.8, 4) is 5.75 Å². The molecule has 0 spiro atoms. The van der Waals surface area contributed by atoms with Crippen molar-refractivity contribution in [3.05, 3.63) is 60.2 Å². The van der Waals surface area contributed by atoms with E-state index in [0.29, 0.717) is 9.87 Å². The SMILES string of the molecule is N[C@@H](Cc1cccc(S(=O)(=O)N2CC(Oc3ccccc3)(C(F)(F)F)C2)c1)C(=O)O. The van der Waals surface area contributed by atoms with E-state index in [1.807, 2.05) is 0 Å². The second-order valence-corrected chi connectivity index (χ2v) is 8.91. The molecule has 30 heavy (non-hydrogen) atoms. The molecule has 1 aliphatic rings. The monoisotopic (exact) mass is 444 g/mol. The van der Waals surface area contributed by atoms with Gasteiger partial charge in [0.1, 0.15) is 11.8 Å². The third kappa shape index (κ3) is 4.27. The van der Waals surface area contributed by atoms with Crippen LogP contribution in [0.4, 0.5) is 13.2 Å². The van der Waals surface area contributed by atoms with Gasteiger partial charge >= 0.3 is 12.1 Å². The lowest BCUT2D eigenvalue weighted by Gasteiger charge is -2.48. The number of aliphatic carboxylic acids is 1. The molecule has 3 N–H and O–H groups in total. The van der Waals surface area contributed by atoms with Gasteiger partial charge in [0.25, 0.3) is 0 Å². The minimum absolute atomic E-state index is 0.0171. The van der Waals surface area contributed by atoms with Crippen LogP contribution in [0.3, 0.4) is 0 Å². The van der Waals surface area contributed by atoms with Crippen molar-refractivity contribution < 1.29 is 36.2 Å². The normalized spacial score (nSPS) is 17.7. The Morgan fingerprint density at radius 3 is 2.37 bits per heavy atom. The quantitative estimate of drug-likeness (QED) is 0.676. The van der Waals surface area contributed by atoms with Crippen LogP contribution in [0.1, 0.15) is 5.56 Å². The summed E-state index contributed by atoms with van der Waals surface area (Å²) in [5, 5.41) is 8.89. The molecule has 1 heterocycles. The van der Waals surface area contributed by atoms with Crippen molar-refractivity contribution in [2.75, 3.05) is 13.1 Å². The number of carbonyl (C=O) groups is 1. The van der Waals surface area contributed by atoms with Crippen LogP contribution in [0, 0.1) is 0 Å². The second-order valence-electron chi connectivity index (χ2n) is 6.98. The molecular weight excluding hydrogens is 425 g/mol. The van der Waals surface area contributed by atoms with Gasteiger partial charge in [-0.05, 0) is 36.2 Å². The molecule has 0 bridgehead atoms. The predicted molar refractivity (Wildman–Crippen MR) is 100 cm³/mol. The average molecular weight is 444 g/mol. The maximum absolute atomic E-state index is 13.7. The van der Waals surface area contributed by atoms with E-state index >= 15 is 0 Å². The highest BCUT2D eigenvalue weighted by Crippen LogP contribution is 2.43. The van der Waals surface area contributed by atoms with Crippen LogP contribution in [0.5, 0.6) is 5.75 Å². The first-order valence-corrected chi connectivity index (χ1v) is 10.3. The van der Waals surface area contributed by atoms with E-state index in [1.165, 1.54) is 48.5 Å². The zero-order valence-electron chi connectivity index (χ0n) is 15.5. The summed E-state index contributed by atoms with van der Waals surface area (Å²) < 4.78 is 72.5. The summed E-state index contributed by atoms with van der Waals surface area (Å²) in [7, 11) is -4.24. The molecule has 0 saturated carbocycles. The van der Waals surface area contributed by atoms with E-state index in [9.17, 15) is 26.4 Å². The Balaban J connectivity index is 1.81. The van der Waals surface area contributed by atoms with Gasteiger partial charge < -0.3 is 15.6 Å². The third-order valence-electron chi connectivity index (χ3n) is 4.75. The molecule has 0 aromatic heterocycles. The zero-order valence-corrected chi connectivity index (χ0v) is 16.4. The summed E-state index contributed by atoms with van der Waals surface area (Å²) in [4.78, 5) is 10.7. The number of rotatable bonds is 7. The Bertz CT molecular complexity index is 1020. The number of carboxylic acid groups (broad SMARTS) is 1. The molecule has 1 fully saturated rings. The number of benzene rings is 2. The smallest absolute Gasteiger partial charge is 0.430 e. The van der Waals surface area contributed by atoms with Crippen LogP contribution in [-0.4, -0.2) is 54.7 Å². The first-order valence-electron chi connectivity index (χ1n) is 8.83. The Kier molecular flexibility index (Phi) is 5.81. The number of ether oxygens (including phenoxy) is 1. The molecule has 0 aliphatic carbocycles. The Morgan fingerprint density at radius 2 is 1.80 bits per heavy atom. The number of carboxylic acids is 1. The number of nitrogens with two attached hydrogens (primary N) is 1. The fraction of sp³-hybridized carbons (Fsp3) is 0.316. The average Bonchev–Trinajstić information content (AvgIpc) is 2.64. The van der Waals surface area contributed by atoms with Gasteiger partial charge in [-0.3, -0.25) is 4.79 Å². The van der Waals surface area contributed by atoms with E-state index < -0.39 is 46.9 Å². The van der Waals surface area contributed by atoms with E-state index in [2.05, 4.69) is 0 Å². The van der Waals surface area contributed by atoms with Crippen molar-refractivity contribution >= 4 is 16.0 Å². The summed E-state index contributed by atoms with van der Waals surface area (Å²) in [6.45, 7) is -1.79. The summed E-state index contributed by atoms with van der Waals surface area (Å²) >= 11 is 0. The molecule has 3 rings (SSSR count). The summed E-state index contributed by atoms with van der Waals surface area (Å²) in [5.41, 5.74) is 3.15. The first-order chi connectivity index (χ1) is 13.9. The maximum atomic E-state index is 13.7. The van der Waals surface area contributed by atoms with E-state index in [-0.39, 0.29) is 17.1 Å². The highest BCUT2D eigenvalue weighted by Gasteiger charge is 2.66. The highest BCUT2D eigenvalue weighted by atomic mass is 32.2. The number of hydrogen-bond donors (Lipinski definition) is 2. The number of para-hydroxylation sites is 1. The molecule has 1 atom stereocenters. The third-order valence-corrected chi connectivity index (χ3v) is 6.53. The molecule has 7 nitrogen and oxygen atoms in total. The van der Waals surface area contributed by atoms with Crippen molar-refractivity contribution in [1.29, 1.82) is 0 Å². The maximum Gasteiger partial charge on any atom is 0.430 e. The molecule has 0 amide bonds. The fourth-order valence-corrected chi connectivity index (χ4v) is 4.64. The van der Waals surface area contributed by atoms with Gasteiger partial charge in [0, 0.05) is 0 Å². The lowest BCUT2D eigenvalue weighted by atomic mass is 9.96. The minimum atomic E-state index is -4.79. The number of sulfonamides is 1. The van der Waals surface area contributed by atoms with Crippen LogP contribution in [0.25, 0.3) is 0 Å².